The third kappa shape index (κ3) is 3.51. The molecule has 5 aromatic rings. The monoisotopic (exact) mass is 492 g/mol. The molecule has 0 saturated carbocycles. The zero-order valence-corrected chi connectivity index (χ0v) is 20.0. The molecule has 3 heterocycles. The highest BCUT2D eigenvalue weighted by Crippen LogP contribution is 2.37. The minimum absolute atomic E-state index is 0.201. The van der Waals surface area contributed by atoms with Gasteiger partial charge < -0.3 is 14.9 Å². The average Bonchev–Trinajstić information content (AvgIpc) is 3.45. The number of aromatic amines is 1. The van der Waals surface area contributed by atoms with Gasteiger partial charge >= 0.3 is 5.69 Å². The highest BCUT2D eigenvalue weighted by molar-refractivity contribution is 6.42. The normalized spacial score (nSPS) is 11.5. The van der Waals surface area contributed by atoms with Gasteiger partial charge in [0.1, 0.15) is 11.8 Å². The lowest BCUT2D eigenvalue weighted by Crippen LogP contribution is -2.15. The van der Waals surface area contributed by atoms with Crippen LogP contribution in [0.1, 0.15) is 18.5 Å². The maximum absolute atomic E-state index is 13.2. The number of unbranched alkanes of at least 4 members (excludes halogenated alkanes) is 1. The number of hydrogen-bond donors (Lipinski definition) is 2. The van der Waals surface area contributed by atoms with Gasteiger partial charge in [0.2, 0.25) is 0 Å². The number of nitrogens with one attached hydrogen (secondary N) is 1. The summed E-state index contributed by atoms with van der Waals surface area (Å²) in [4.78, 5) is 16.0. The number of hydrogen-bond acceptors (Lipinski definition) is 3. The van der Waals surface area contributed by atoms with Crippen molar-refractivity contribution in [1.82, 2.24) is 18.7 Å². The quantitative estimate of drug-likeness (QED) is 0.319. The van der Waals surface area contributed by atoms with Crippen molar-refractivity contribution in [3.63, 3.8) is 0 Å². The number of rotatable bonds is 6. The molecule has 0 fully saturated rings. The van der Waals surface area contributed by atoms with Gasteiger partial charge in [0, 0.05) is 47.8 Å². The van der Waals surface area contributed by atoms with Gasteiger partial charge in [-0.15, -0.1) is 0 Å². The van der Waals surface area contributed by atoms with Crippen LogP contribution in [-0.2, 0) is 13.6 Å². The second-order valence-electron chi connectivity index (χ2n) is 8.26. The van der Waals surface area contributed by atoms with Crippen molar-refractivity contribution >= 4 is 45.0 Å². The molecule has 2 aromatic carbocycles. The number of para-hydroxylation sites is 1. The Morgan fingerprint density at radius 2 is 1.82 bits per heavy atom. The molecular weight excluding hydrogens is 471 g/mol. The second kappa shape index (κ2) is 8.73. The van der Waals surface area contributed by atoms with E-state index < -0.39 is 5.69 Å². The Hall–Kier alpha value is -3.44. The summed E-state index contributed by atoms with van der Waals surface area (Å²) < 4.78 is 5.60. The molecule has 5 rings (SSSR count). The van der Waals surface area contributed by atoms with Crippen molar-refractivity contribution in [3.05, 3.63) is 75.0 Å². The lowest BCUT2D eigenvalue weighted by molar-refractivity contribution is 0.631. The van der Waals surface area contributed by atoms with Gasteiger partial charge in [0.15, 0.2) is 0 Å². The molecule has 0 amide bonds. The van der Waals surface area contributed by atoms with E-state index >= 15 is 0 Å². The summed E-state index contributed by atoms with van der Waals surface area (Å²) in [7, 11) is 1.88. The van der Waals surface area contributed by atoms with Crippen LogP contribution < -0.4 is 11.4 Å². The molecule has 9 heteroatoms. The lowest BCUT2D eigenvalue weighted by atomic mass is 10.1. The molecule has 172 valence electrons. The molecule has 0 atom stereocenters. The number of fused-ring (bicyclic) bond motifs is 2. The molecule has 0 unspecified atom stereocenters. The molecule has 7 nitrogen and oxygen atoms in total. The third-order valence-electron chi connectivity index (χ3n) is 6.16. The summed E-state index contributed by atoms with van der Waals surface area (Å²) in [6, 6.07) is 13.7. The fourth-order valence-electron chi connectivity index (χ4n) is 4.58. The Morgan fingerprint density at radius 3 is 2.59 bits per heavy atom. The minimum atomic E-state index is -0.398. The first-order chi connectivity index (χ1) is 16.4. The maximum Gasteiger partial charge on any atom is 0.331 e. The van der Waals surface area contributed by atoms with Crippen molar-refractivity contribution in [2.24, 2.45) is 12.8 Å². The van der Waals surface area contributed by atoms with Crippen LogP contribution in [0.4, 0.5) is 0 Å². The van der Waals surface area contributed by atoms with Crippen LogP contribution in [0, 0.1) is 11.3 Å². The summed E-state index contributed by atoms with van der Waals surface area (Å²) >= 11 is 12.6. The van der Waals surface area contributed by atoms with E-state index in [9.17, 15) is 10.1 Å². The molecule has 0 spiro atoms. The fourth-order valence-corrected chi connectivity index (χ4v) is 4.90. The summed E-state index contributed by atoms with van der Waals surface area (Å²) in [6.07, 6.45) is 5.70. The van der Waals surface area contributed by atoms with Crippen molar-refractivity contribution < 1.29 is 0 Å². The predicted octanol–water partition coefficient (Wildman–Crippen LogP) is 5.20. The van der Waals surface area contributed by atoms with Crippen LogP contribution in [-0.4, -0.2) is 25.2 Å². The van der Waals surface area contributed by atoms with E-state index in [0.717, 1.165) is 46.8 Å². The van der Waals surface area contributed by atoms with Crippen LogP contribution in [0.2, 0.25) is 10.0 Å². The van der Waals surface area contributed by atoms with Crippen molar-refractivity contribution in [2.75, 3.05) is 6.54 Å². The Bertz CT molecular complexity index is 1650. The zero-order valence-electron chi connectivity index (χ0n) is 18.5. The van der Waals surface area contributed by atoms with Gasteiger partial charge in [-0.25, -0.2) is 4.79 Å². The molecule has 3 aromatic heterocycles. The fraction of sp³-hybridized carbons (Fsp3) is 0.200. The molecule has 34 heavy (non-hydrogen) atoms. The summed E-state index contributed by atoms with van der Waals surface area (Å²) in [5.41, 5.74) is 9.28. The number of halogens is 2. The molecule has 3 N–H and O–H groups in total. The predicted molar refractivity (Wildman–Crippen MR) is 137 cm³/mol. The highest BCUT2D eigenvalue weighted by atomic mass is 35.5. The number of H-pyrrole nitrogens is 1. The van der Waals surface area contributed by atoms with Gasteiger partial charge in [-0.1, -0.05) is 41.4 Å². The number of nitrogens with two attached hydrogens (primary N) is 1. The van der Waals surface area contributed by atoms with E-state index in [2.05, 4.69) is 15.6 Å². The number of imidazole rings is 1. The van der Waals surface area contributed by atoms with Gasteiger partial charge in [-0.3, -0.25) is 9.55 Å². The molecule has 0 bridgehead atoms. The Kier molecular flexibility index (Phi) is 5.74. The summed E-state index contributed by atoms with van der Waals surface area (Å²) in [5.74, 6) is 0. The van der Waals surface area contributed by atoms with E-state index in [1.807, 2.05) is 48.3 Å². The van der Waals surface area contributed by atoms with Gasteiger partial charge in [-0.05, 0) is 37.6 Å². The molecule has 0 saturated heterocycles. The maximum atomic E-state index is 13.2. The number of nitriles is 1. The first-order valence-electron chi connectivity index (χ1n) is 10.9. The Balaban J connectivity index is 1.81. The highest BCUT2D eigenvalue weighted by Gasteiger charge is 2.24. The number of benzene rings is 2. The van der Waals surface area contributed by atoms with Crippen LogP contribution in [0.25, 0.3) is 38.8 Å². The second-order valence-corrected chi connectivity index (χ2v) is 9.07. The lowest BCUT2D eigenvalue weighted by Gasteiger charge is -2.07. The molecule has 0 aliphatic rings. The standard InChI is InChI=1S/C25H22Cl2N6O/c1-31-14-23(16-10-18(26)19(27)11-22(16)31)33-24(20(12-29)30-25(33)34)17-13-32(9-5-4-8-28)21-7-3-2-6-15(17)21/h2-3,6-7,10-11,13-14H,4-5,8-9,28H2,1H3,(H,30,34). The summed E-state index contributed by atoms with van der Waals surface area (Å²) in [5, 5.41) is 12.5. The van der Waals surface area contributed by atoms with Crippen molar-refractivity contribution in [1.29, 1.82) is 5.26 Å². The van der Waals surface area contributed by atoms with Gasteiger partial charge in [0.25, 0.3) is 0 Å². The van der Waals surface area contributed by atoms with Crippen LogP contribution in [0.15, 0.2) is 53.6 Å². The van der Waals surface area contributed by atoms with Crippen molar-refractivity contribution in [3.8, 4) is 23.0 Å². The number of nitrogens with zero attached hydrogens (tertiary/aromatic N) is 4. The molecule has 0 aliphatic carbocycles. The zero-order chi connectivity index (χ0) is 24.0. The Labute approximate surface area is 205 Å². The van der Waals surface area contributed by atoms with Crippen LogP contribution in [0.3, 0.4) is 0 Å². The van der Waals surface area contributed by atoms with Crippen LogP contribution >= 0.6 is 23.2 Å². The average molecular weight is 493 g/mol. The van der Waals surface area contributed by atoms with E-state index in [4.69, 9.17) is 28.9 Å². The number of aryl methyl sites for hydroxylation is 2. The number of aromatic nitrogens is 4. The molecule has 0 aliphatic heterocycles. The van der Waals surface area contributed by atoms with E-state index in [1.54, 1.807) is 16.7 Å². The first-order valence-corrected chi connectivity index (χ1v) is 11.7. The summed E-state index contributed by atoms with van der Waals surface area (Å²) in [6.45, 7) is 1.42. The Morgan fingerprint density at radius 1 is 1.06 bits per heavy atom. The van der Waals surface area contributed by atoms with Gasteiger partial charge in [0.05, 0.1) is 26.9 Å². The third-order valence-corrected chi connectivity index (χ3v) is 6.88. The molecular formula is C25H22Cl2N6O. The largest absolute Gasteiger partial charge is 0.348 e. The van der Waals surface area contributed by atoms with E-state index in [-0.39, 0.29) is 5.69 Å². The topological polar surface area (TPSA) is 97.5 Å². The van der Waals surface area contributed by atoms with Crippen molar-refractivity contribution in [2.45, 2.75) is 19.4 Å². The van der Waals surface area contributed by atoms with Crippen LogP contribution in [0.5, 0.6) is 0 Å². The van der Waals surface area contributed by atoms with Gasteiger partial charge in [-0.2, -0.15) is 5.26 Å². The van der Waals surface area contributed by atoms with E-state index in [0.29, 0.717) is 28.0 Å². The smallest absolute Gasteiger partial charge is 0.331 e. The SMILES string of the molecule is Cn1cc(-n2c(-c3cn(CCCCN)c4ccccc34)c(C#N)[nH]c2=O)c2cc(Cl)c(Cl)cc21. The molecule has 0 radical (unpaired) electrons. The minimum Gasteiger partial charge on any atom is -0.348 e. The first kappa shape index (κ1) is 22.4. The van der Waals surface area contributed by atoms with E-state index in [1.165, 1.54) is 0 Å².